The second-order valence-corrected chi connectivity index (χ2v) is 10.7. The van der Waals surface area contributed by atoms with Crippen LogP contribution in [-0.2, 0) is 6.42 Å². The van der Waals surface area contributed by atoms with E-state index < -0.39 is 12.1 Å². The highest BCUT2D eigenvalue weighted by molar-refractivity contribution is 6.31. The number of rotatable bonds is 10. The third kappa shape index (κ3) is 6.72. The average Bonchev–Trinajstić information content (AvgIpc) is 2.92. The van der Waals surface area contributed by atoms with Crippen LogP contribution in [0, 0.1) is 12.8 Å². The first kappa shape index (κ1) is 28.9. The van der Waals surface area contributed by atoms with Crippen molar-refractivity contribution in [2.45, 2.75) is 39.7 Å². The van der Waals surface area contributed by atoms with E-state index in [0.717, 1.165) is 11.1 Å². The van der Waals surface area contributed by atoms with E-state index >= 15 is 0 Å². The van der Waals surface area contributed by atoms with Gasteiger partial charge in [-0.3, -0.25) is 9.59 Å². The summed E-state index contributed by atoms with van der Waals surface area (Å²) in [5, 5.41) is 12.3. The maximum Gasteiger partial charge on any atom is 0.404 e. The van der Waals surface area contributed by atoms with Crippen molar-refractivity contribution in [1.82, 2.24) is 10.2 Å². The summed E-state index contributed by atoms with van der Waals surface area (Å²) in [5.74, 6) is 0.0370. The van der Waals surface area contributed by atoms with Gasteiger partial charge in [0.15, 0.2) is 5.43 Å². The molecular formula is C32H33ClN2O5. The molecule has 0 saturated heterocycles. The van der Waals surface area contributed by atoms with E-state index in [2.05, 4.69) is 5.32 Å². The Morgan fingerprint density at radius 2 is 1.73 bits per heavy atom. The third-order valence-corrected chi connectivity index (χ3v) is 7.09. The number of hydrogen-bond acceptors (Lipinski definition) is 4. The summed E-state index contributed by atoms with van der Waals surface area (Å²) in [6, 6.07) is 21.3. The minimum absolute atomic E-state index is 0.142. The van der Waals surface area contributed by atoms with Gasteiger partial charge in [0.2, 0.25) is 0 Å². The molecule has 2 amide bonds. The van der Waals surface area contributed by atoms with E-state index in [4.69, 9.17) is 21.1 Å². The first-order valence-electron chi connectivity index (χ1n) is 13.3. The number of nitrogens with zero attached hydrogens (tertiary/aromatic N) is 1. The molecule has 4 rings (SSSR count). The quantitative estimate of drug-likeness (QED) is 0.207. The highest BCUT2D eigenvalue weighted by Crippen LogP contribution is 2.35. The molecule has 0 aliphatic heterocycles. The monoisotopic (exact) mass is 560 g/mol. The molecule has 4 aromatic rings. The molecule has 0 fully saturated rings. The molecule has 208 valence electrons. The van der Waals surface area contributed by atoms with E-state index in [9.17, 15) is 14.4 Å². The van der Waals surface area contributed by atoms with Crippen molar-refractivity contribution in [3.05, 3.63) is 116 Å². The fraction of sp³-hybridized carbons (Fsp3) is 0.281. The Hall–Kier alpha value is -4.10. The number of benzene rings is 3. The minimum Gasteiger partial charge on any atom is -0.465 e. The van der Waals surface area contributed by atoms with Crippen LogP contribution in [0.2, 0.25) is 5.02 Å². The molecule has 0 bridgehead atoms. The van der Waals surface area contributed by atoms with Gasteiger partial charge in [-0.1, -0.05) is 73.5 Å². The number of hydrogen-bond donors (Lipinski definition) is 2. The molecular weight excluding hydrogens is 528 g/mol. The molecule has 0 radical (unpaired) electrons. The lowest BCUT2D eigenvalue weighted by Gasteiger charge is -2.35. The van der Waals surface area contributed by atoms with Crippen LogP contribution in [0.5, 0.6) is 0 Å². The summed E-state index contributed by atoms with van der Waals surface area (Å²) in [7, 11) is 0. The molecule has 0 aliphatic rings. The average molecular weight is 561 g/mol. The predicted octanol–water partition coefficient (Wildman–Crippen LogP) is 6.84. The first-order valence-corrected chi connectivity index (χ1v) is 13.7. The fourth-order valence-corrected chi connectivity index (χ4v) is 5.07. The fourth-order valence-electron chi connectivity index (χ4n) is 4.91. The van der Waals surface area contributed by atoms with E-state index in [0.29, 0.717) is 45.7 Å². The summed E-state index contributed by atoms with van der Waals surface area (Å²) >= 11 is 6.27. The number of amides is 2. The molecule has 0 spiro atoms. The number of aryl methyl sites for hydroxylation is 1. The van der Waals surface area contributed by atoms with Crippen LogP contribution in [0.1, 0.15) is 59.1 Å². The molecule has 1 atom stereocenters. The second-order valence-electron chi connectivity index (χ2n) is 10.2. The number of nitrogens with one attached hydrogen (secondary N) is 1. The standard InChI is InChI=1S/C32H33ClN2O5/c1-20(2)28(35(17-7-16-34-32(38)39)31(37)23-12-10-21(3)11-13-23)30-26(18-22-8-5-4-6-9-22)29(36)25-15-14-24(33)19-27(25)40-30/h4-6,8-15,19-20,28,34H,7,16-18H2,1-3H3,(H,38,39)/t28-/m1/s1. The molecule has 0 saturated carbocycles. The Labute approximate surface area is 238 Å². The van der Waals surface area contributed by atoms with Gasteiger partial charge < -0.3 is 19.7 Å². The molecule has 7 nitrogen and oxygen atoms in total. The molecule has 1 aromatic heterocycles. The van der Waals surface area contributed by atoms with E-state index in [-0.39, 0.29) is 30.3 Å². The number of carbonyl (C=O) groups is 2. The van der Waals surface area contributed by atoms with Gasteiger partial charge in [0.1, 0.15) is 11.3 Å². The lowest BCUT2D eigenvalue weighted by Crippen LogP contribution is -2.40. The molecule has 40 heavy (non-hydrogen) atoms. The smallest absolute Gasteiger partial charge is 0.404 e. The number of fused-ring (bicyclic) bond motifs is 1. The van der Waals surface area contributed by atoms with Gasteiger partial charge >= 0.3 is 6.09 Å². The van der Waals surface area contributed by atoms with Crippen LogP contribution in [0.15, 0.2) is 82.0 Å². The van der Waals surface area contributed by atoms with Crippen LogP contribution in [0.25, 0.3) is 11.0 Å². The van der Waals surface area contributed by atoms with E-state index in [1.807, 2.05) is 63.2 Å². The Morgan fingerprint density at radius 1 is 1.02 bits per heavy atom. The zero-order chi connectivity index (χ0) is 28.8. The summed E-state index contributed by atoms with van der Waals surface area (Å²) in [4.78, 5) is 40.7. The first-order chi connectivity index (χ1) is 19.2. The van der Waals surface area contributed by atoms with Crippen LogP contribution >= 0.6 is 11.6 Å². The highest BCUT2D eigenvalue weighted by Gasteiger charge is 2.33. The van der Waals surface area contributed by atoms with Crippen LogP contribution in [0.3, 0.4) is 0 Å². The molecule has 8 heteroatoms. The van der Waals surface area contributed by atoms with Gasteiger partial charge in [0.25, 0.3) is 5.91 Å². The molecule has 0 aliphatic carbocycles. The second kappa shape index (κ2) is 12.8. The lowest BCUT2D eigenvalue weighted by molar-refractivity contribution is 0.0586. The van der Waals surface area contributed by atoms with Crippen LogP contribution < -0.4 is 10.7 Å². The number of carbonyl (C=O) groups excluding carboxylic acids is 1. The number of carboxylic acid groups (broad SMARTS) is 1. The van der Waals surface area contributed by atoms with Gasteiger partial charge in [-0.25, -0.2) is 4.79 Å². The van der Waals surface area contributed by atoms with Crippen molar-refractivity contribution in [2.24, 2.45) is 5.92 Å². The lowest BCUT2D eigenvalue weighted by atomic mass is 9.91. The van der Waals surface area contributed by atoms with Gasteiger partial charge in [0, 0.05) is 41.7 Å². The van der Waals surface area contributed by atoms with E-state index in [1.165, 1.54) is 0 Å². The van der Waals surface area contributed by atoms with Crippen LogP contribution in [0.4, 0.5) is 4.79 Å². The van der Waals surface area contributed by atoms with Crippen molar-refractivity contribution in [1.29, 1.82) is 0 Å². The van der Waals surface area contributed by atoms with Gasteiger partial charge in [0.05, 0.1) is 11.4 Å². The summed E-state index contributed by atoms with van der Waals surface area (Å²) in [5.41, 5.74) is 3.12. The topological polar surface area (TPSA) is 99.8 Å². The van der Waals surface area contributed by atoms with Crippen molar-refractivity contribution < 1.29 is 19.1 Å². The minimum atomic E-state index is -1.13. The molecule has 1 heterocycles. The number of halogens is 1. The van der Waals surface area contributed by atoms with Gasteiger partial charge in [-0.15, -0.1) is 0 Å². The Kier molecular flexibility index (Phi) is 9.27. The largest absolute Gasteiger partial charge is 0.465 e. The summed E-state index contributed by atoms with van der Waals surface area (Å²) < 4.78 is 6.49. The van der Waals surface area contributed by atoms with E-state index in [1.54, 1.807) is 35.2 Å². The Balaban J connectivity index is 1.89. The Morgan fingerprint density at radius 3 is 2.38 bits per heavy atom. The zero-order valence-corrected chi connectivity index (χ0v) is 23.6. The van der Waals surface area contributed by atoms with Crippen molar-refractivity contribution >= 4 is 34.6 Å². The van der Waals surface area contributed by atoms with Crippen molar-refractivity contribution in [3.63, 3.8) is 0 Å². The van der Waals surface area contributed by atoms with Gasteiger partial charge in [-0.2, -0.15) is 0 Å². The van der Waals surface area contributed by atoms with Crippen molar-refractivity contribution in [3.8, 4) is 0 Å². The normalized spacial score (nSPS) is 11.9. The summed E-state index contributed by atoms with van der Waals surface area (Å²) in [6.07, 6.45) is -0.419. The highest BCUT2D eigenvalue weighted by atomic mass is 35.5. The maximum atomic E-state index is 14.0. The van der Waals surface area contributed by atoms with Crippen LogP contribution in [-0.4, -0.2) is 35.1 Å². The molecule has 2 N–H and O–H groups in total. The Bertz CT molecular complexity index is 1550. The predicted molar refractivity (Wildman–Crippen MR) is 157 cm³/mol. The van der Waals surface area contributed by atoms with Gasteiger partial charge in [-0.05, 0) is 49.1 Å². The molecule has 0 unspecified atom stereocenters. The third-order valence-electron chi connectivity index (χ3n) is 6.85. The molecule has 3 aromatic carbocycles. The maximum absolute atomic E-state index is 14.0. The zero-order valence-electron chi connectivity index (χ0n) is 22.8. The summed E-state index contributed by atoms with van der Waals surface area (Å²) in [6.45, 7) is 6.32. The SMILES string of the molecule is Cc1ccc(C(=O)N(CCCNC(=O)O)[C@@H](c2oc3cc(Cl)ccc3c(=O)c2Cc2ccccc2)C(C)C)cc1. The van der Waals surface area contributed by atoms with Crippen molar-refractivity contribution in [2.75, 3.05) is 13.1 Å².